The quantitative estimate of drug-likeness (QED) is 0.933. The number of anilines is 1. The number of rotatable bonds is 4. The number of pyridine rings is 1. The van der Waals surface area contributed by atoms with Crippen LogP contribution in [-0.2, 0) is 6.54 Å². The van der Waals surface area contributed by atoms with Crippen molar-refractivity contribution in [1.29, 1.82) is 0 Å². The zero-order valence-electron chi connectivity index (χ0n) is 12.8. The Kier molecular flexibility index (Phi) is 4.79. The Morgan fingerprint density at radius 3 is 2.43 bits per heavy atom. The molecule has 0 saturated carbocycles. The first-order chi connectivity index (χ1) is 11.1. The predicted octanol–water partition coefficient (Wildman–Crippen LogP) is 2.16. The third-order valence-corrected chi connectivity index (χ3v) is 4.48. The van der Waals surface area contributed by atoms with Gasteiger partial charge in [0, 0.05) is 56.4 Å². The number of hydrogen-bond donors (Lipinski definition) is 1. The van der Waals surface area contributed by atoms with Gasteiger partial charge in [0.15, 0.2) is 0 Å². The molecule has 1 fully saturated rings. The number of benzene rings is 1. The van der Waals surface area contributed by atoms with Crippen molar-refractivity contribution in [2.45, 2.75) is 6.54 Å². The maximum atomic E-state index is 11.1. The molecule has 23 heavy (non-hydrogen) atoms. The van der Waals surface area contributed by atoms with Crippen LogP contribution >= 0.6 is 11.6 Å². The number of carbonyl (C=O) groups excluding carboxylic acids is 1. The van der Waals surface area contributed by atoms with Crippen molar-refractivity contribution in [2.24, 2.45) is 5.73 Å². The molecule has 1 saturated heterocycles. The molecule has 5 nitrogen and oxygen atoms in total. The number of amides is 1. The number of carbonyl (C=O) groups is 1. The number of primary amides is 1. The fourth-order valence-electron chi connectivity index (χ4n) is 2.77. The summed E-state index contributed by atoms with van der Waals surface area (Å²) in [4.78, 5) is 19.8. The third-order valence-electron chi connectivity index (χ3n) is 4.14. The minimum absolute atomic E-state index is 0.393. The summed E-state index contributed by atoms with van der Waals surface area (Å²) < 4.78 is 0. The summed E-state index contributed by atoms with van der Waals surface area (Å²) in [6, 6.07) is 9.43. The first-order valence-electron chi connectivity index (χ1n) is 7.59. The Morgan fingerprint density at radius 2 is 1.83 bits per heavy atom. The molecule has 0 radical (unpaired) electrons. The number of halogens is 1. The minimum Gasteiger partial charge on any atom is -0.369 e. The highest BCUT2D eigenvalue weighted by Crippen LogP contribution is 2.20. The molecule has 0 spiro atoms. The molecule has 1 aromatic carbocycles. The lowest BCUT2D eigenvalue weighted by Crippen LogP contribution is -2.46. The van der Waals surface area contributed by atoms with Crippen LogP contribution in [0.4, 0.5) is 5.69 Å². The van der Waals surface area contributed by atoms with Crippen molar-refractivity contribution in [2.75, 3.05) is 31.1 Å². The smallest absolute Gasteiger partial charge is 0.248 e. The van der Waals surface area contributed by atoms with Crippen LogP contribution in [0.2, 0.25) is 5.02 Å². The highest BCUT2D eigenvalue weighted by Gasteiger charge is 2.18. The molecule has 0 aliphatic carbocycles. The lowest BCUT2D eigenvalue weighted by molar-refractivity contribution is 0.100. The van der Waals surface area contributed by atoms with E-state index in [-0.39, 0.29) is 0 Å². The van der Waals surface area contributed by atoms with E-state index in [9.17, 15) is 4.79 Å². The number of piperazine rings is 1. The summed E-state index contributed by atoms with van der Waals surface area (Å²) in [6.07, 6.45) is 3.46. The fourth-order valence-corrected chi connectivity index (χ4v) is 2.95. The van der Waals surface area contributed by atoms with Crippen LogP contribution in [0.1, 0.15) is 15.9 Å². The van der Waals surface area contributed by atoms with Crippen LogP contribution in [0.15, 0.2) is 42.7 Å². The van der Waals surface area contributed by atoms with Gasteiger partial charge in [-0.1, -0.05) is 11.6 Å². The second-order valence-corrected chi connectivity index (χ2v) is 6.05. The Bertz CT molecular complexity index is 681. The van der Waals surface area contributed by atoms with E-state index in [1.807, 2.05) is 18.2 Å². The van der Waals surface area contributed by atoms with Crippen molar-refractivity contribution in [3.63, 3.8) is 0 Å². The maximum Gasteiger partial charge on any atom is 0.248 e. The lowest BCUT2D eigenvalue weighted by Gasteiger charge is -2.36. The van der Waals surface area contributed by atoms with Gasteiger partial charge in [-0.15, -0.1) is 0 Å². The minimum atomic E-state index is -0.393. The molecule has 1 aliphatic heterocycles. The summed E-state index contributed by atoms with van der Waals surface area (Å²) in [5.74, 6) is -0.393. The van der Waals surface area contributed by atoms with Crippen LogP contribution in [0.5, 0.6) is 0 Å². The second-order valence-electron chi connectivity index (χ2n) is 5.64. The van der Waals surface area contributed by atoms with E-state index >= 15 is 0 Å². The average Bonchev–Trinajstić information content (AvgIpc) is 2.58. The topological polar surface area (TPSA) is 62.5 Å². The Balaban J connectivity index is 1.58. The maximum absolute atomic E-state index is 11.1. The van der Waals surface area contributed by atoms with E-state index in [4.69, 9.17) is 17.3 Å². The van der Waals surface area contributed by atoms with Gasteiger partial charge in [0.1, 0.15) is 0 Å². The molecule has 1 aromatic heterocycles. The predicted molar refractivity (Wildman–Crippen MR) is 91.7 cm³/mol. The lowest BCUT2D eigenvalue weighted by atomic mass is 10.1. The molecule has 1 aliphatic rings. The van der Waals surface area contributed by atoms with Gasteiger partial charge < -0.3 is 10.6 Å². The SMILES string of the molecule is NC(=O)c1ccc(N2CCN(Cc3ccncc3Cl)CC2)cc1. The van der Waals surface area contributed by atoms with Crippen LogP contribution in [-0.4, -0.2) is 42.0 Å². The van der Waals surface area contributed by atoms with Gasteiger partial charge >= 0.3 is 0 Å². The molecule has 2 N–H and O–H groups in total. The van der Waals surface area contributed by atoms with Crippen molar-refractivity contribution in [3.05, 3.63) is 58.9 Å². The molecule has 2 aromatic rings. The van der Waals surface area contributed by atoms with Crippen molar-refractivity contribution >= 4 is 23.2 Å². The van der Waals surface area contributed by atoms with Crippen LogP contribution < -0.4 is 10.6 Å². The first-order valence-corrected chi connectivity index (χ1v) is 7.97. The molecular formula is C17H19ClN4O. The molecule has 3 rings (SSSR count). The van der Waals surface area contributed by atoms with E-state index in [1.54, 1.807) is 24.5 Å². The molecule has 120 valence electrons. The zero-order valence-corrected chi connectivity index (χ0v) is 13.5. The Morgan fingerprint density at radius 1 is 1.13 bits per heavy atom. The summed E-state index contributed by atoms with van der Waals surface area (Å²) in [5, 5.41) is 0.719. The molecule has 1 amide bonds. The van der Waals surface area contributed by atoms with Crippen molar-refractivity contribution < 1.29 is 4.79 Å². The highest BCUT2D eigenvalue weighted by molar-refractivity contribution is 6.31. The summed E-state index contributed by atoms with van der Waals surface area (Å²) in [6.45, 7) is 4.67. The van der Waals surface area contributed by atoms with Gasteiger partial charge in [-0.25, -0.2) is 0 Å². The first kappa shape index (κ1) is 15.8. The zero-order chi connectivity index (χ0) is 16.2. The molecule has 0 bridgehead atoms. The number of aromatic nitrogens is 1. The van der Waals surface area contributed by atoms with E-state index in [0.29, 0.717) is 5.56 Å². The normalized spacial score (nSPS) is 15.6. The molecular weight excluding hydrogens is 312 g/mol. The Hall–Kier alpha value is -2.11. The van der Waals surface area contributed by atoms with Gasteiger partial charge in [-0.2, -0.15) is 0 Å². The van der Waals surface area contributed by atoms with Crippen LogP contribution in [0.25, 0.3) is 0 Å². The monoisotopic (exact) mass is 330 g/mol. The number of nitrogens with zero attached hydrogens (tertiary/aromatic N) is 3. The third kappa shape index (κ3) is 3.81. The summed E-state index contributed by atoms with van der Waals surface area (Å²) in [7, 11) is 0. The van der Waals surface area contributed by atoms with E-state index in [2.05, 4.69) is 14.8 Å². The fraction of sp³-hybridized carbons (Fsp3) is 0.294. The summed E-state index contributed by atoms with van der Waals surface area (Å²) in [5.41, 5.74) is 8.05. The van der Waals surface area contributed by atoms with Crippen molar-refractivity contribution in [1.82, 2.24) is 9.88 Å². The van der Waals surface area contributed by atoms with E-state index in [0.717, 1.165) is 49.0 Å². The van der Waals surface area contributed by atoms with Gasteiger partial charge in [-0.05, 0) is 35.9 Å². The van der Waals surface area contributed by atoms with E-state index < -0.39 is 5.91 Å². The van der Waals surface area contributed by atoms with Crippen molar-refractivity contribution in [3.8, 4) is 0 Å². The molecule has 0 unspecified atom stereocenters. The standard InChI is InChI=1S/C17H19ClN4O/c18-16-11-20-6-5-14(16)12-21-7-9-22(10-8-21)15-3-1-13(2-4-15)17(19)23/h1-6,11H,7-10,12H2,(H2,19,23). The Labute approximate surface area is 140 Å². The van der Waals surface area contributed by atoms with Gasteiger partial charge in [0.05, 0.1) is 5.02 Å². The van der Waals surface area contributed by atoms with Gasteiger partial charge in [0.2, 0.25) is 5.91 Å². The average molecular weight is 331 g/mol. The molecule has 6 heteroatoms. The molecule has 2 heterocycles. The second kappa shape index (κ2) is 6.98. The number of nitrogens with two attached hydrogens (primary N) is 1. The van der Waals surface area contributed by atoms with E-state index in [1.165, 1.54) is 0 Å². The van der Waals surface area contributed by atoms with Crippen LogP contribution in [0, 0.1) is 0 Å². The molecule has 0 atom stereocenters. The van der Waals surface area contributed by atoms with Gasteiger partial charge in [0.25, 0.3) is 0 Å². The summed E-state index contributed by atoms with van der Waals surface area (Å²) >= 11 is 6.17. The number of hydrogen-bond acceptors (Lipinski definition) is 4. The highest BCUT2D eigenvalue weighted by atomic mass is 35.5. The van der Waals surface area contributed by atoms with Crippen LogP contribution in [0.3, 0.4) is 0 Å². The largest absolute Gasteiger partial charge is 0.369 e. The van der Waals surface area contributed by atoms with Gasteiger partial charge in [-0.3, -0.25) is 14.7 Å².